The van der Waals surface area contributed by atoms with Gasteiger partial charge in [0.15, 0.2) is 0 Å². The molecule has 1 fully saturated rings. The number of nitrogens with one attached hydrogen (secondary N) is 1. The summed E-state index contributed by atoms with van der Waals surface area (Å²) in [4.78, 5) is 25.6. The Morgan fingerprint density at radius 1 is 1.41 bits per heavy atom. The molecule has 5 heteroatoms. The van der Waals surface area contributed by atoms with Crippen LogP contribution in [-0.4, -0.2) is 14.7 Å². The molecule has 1 aliphatic rings. The van der Waals surface area contributed by atoms with Gasteiger partial charge < -0.3 is 5.11 Å². The second-order valence-electron chi connectivity index (χ2n) is 5.55. The third-order valence-corrected chi connectivity index (χ3v) is 3.43. The van der Waals surface area contributed by atoms with Crippen LogP contribution in [0.25, 0.3) is 0 Å². The molecule has 0 saturated heterocycles. The first-order valence-corrected chi connectivity index (χ1v) is 5.90. The van der Waals surface area contributed by atoms with Gasteiger partial charge in [-0.1, -0.05) is 20.8 Å². The lowest BCUT2D eigenvalue weighted by molar-refractivity contribution is 0.351. The van der Waals surface area contributed by atoms with E-state index >= 15 is 0 Å². The van der Waals surface area contributed by atoms with Gasteiger partial charge in [-0.2, -0.15) is 0 Å². The van der Waals surface area contributed by atoms with E-state index in [4.69, 9.17) is 0 Å². The monoisotopic (exact) mass is 238 g/mol. The molecule has 0 aliphatic heterocycles. The van der Waals surface area contributed by atoms with Gasteiger partial charge in [0.2, 0.25) is 5.88 Å². The van der Waals surface area contributed by atoms with Crippen molar-refractivity contribution in [2.45, 2.75) is 46.1 Å². The normalized spacial score (nSPS) is 17.4. The summed E-state index contributed by atoms with van der Waals surface area (Å²) in [6, 6.07) is 0. The van der Waals surface area contributed by atoms with Crippen molar-refractivity contribution in [3.63, 3.8) is 0 Å². The van der Waals surface area contributed by atoms with Gasteiger partial charge in [-0.3, -0.25) is 14.3 Å². The summed E-state index contributed by atoms with van der Waals surface area (Å²) in [6.45, 7) is 6.17. The summed E-state index contributed by atoms with van der Waals surface area (Å²) in [5, 5.41) is 10.1. The van der Waals surface area contributed by atoms with Crippen LogP contribution in [0.5, 0.6) is 5.88 Å². The second kappa shape index (κ2) is 3.75. The minimum absolute atomic E-state index is 0.0911. The van der Waals surface area contributed by atoms with Gasteiger partial charge in [0.25, 0.3) is 5.56 Å². The number of nitrogens with zero attached hydrogens (tertiary/aromatic N) is 1. The van der Waals surface area contributed by atoms with Gasteiger partial charge in [-0.15, -0.1) is 0 Å². The molecule has 0 radical (unpaired) electrons. The van der Waals surface area contributed by atoms with E-state index in [1.54, 1.807) is 0 Å². The first-order valence-electron chi connectivity index (χ1n) is 5.90. The van der Waals surface area contributed by atoms with Gasteiger partial charge in [0.05, 0.1) is 5.56 Å². The Bertz CT molecular complexity index is 550. The molecule has 0 amide bonds. The van der Waals surface area contributed by atoms with E-state index in [1.165, 1.54) is 4.57 Å². The SMILES string of the molecule is CC(C)c1c(O)n(CC2(C)CC2)c(=O)[nH]c1=O. The van der Waals surface area contributed by atoms with Crippen LogP contribution in [0.3, 0.4) is 0 Å². The molecule has 0 atom stereocenters. The molecule has 1 heterocycles. The molecule has 0 spiro atoms. The molecular formula is C12H18N2O3. The number of hydrogen-bond donors (Lipinski definition) is 2. The minimum Gasteiger partial charge on any atom is -0.494 e. The highest BCUT2D eigenvalue weighted by atomic mass is 16.3. The molecule has 1 aromatic heterocycles. The van der Waals surface area contributed by atoms with Gasteiger partial charge in [0.1, 0.15) is 0 Å². The van der Waals surface area contributed by atoms with Gasteiger partial charge in [-0.05, 0) is 24.2 Å². The molecule has 2 N–H and O–H groups in total. The van der Waals surface area contributed by atoms with Gasteiger partial charge in [0, 0.05) is 6.54 Å². The Morgan fingerprint density at radius 2 is 2.00 bits per heavy atom. The first-order chi connectivity index (χ1) is 7.84. The van der Waals surface area contributed by atoms with Crippen molar-refractivity contribution in [2.75, 3.05) is 0 Å². The molecule has 1 saturated carbocycles. The summed E-state index contributed by atoms with van der Waals surface area (Å²) < 4.78 is 1.28. The van der Waals surface area contributed by atoms with Crippen molar-refractivity contribution in [3.8, 4) is 5.88 Å². The lowest BCUT2D eigenvalue weighted by Gasteiger charge is -2.16. The second-order valence-corrected chi connectivity index (χ2v) is 5.55. The molecule has 0 aromatic carbocycles. The van der Waals surface area contributed by atoms with E-state index in [2.05, 4.69) is 11.9 Å². The minimum atomic E-state index is -0.523. The Balaban J connectivity index is 2.55. The predicted octanol–water partition coefficient (Wildman–Crippen LogP) is 1.17. The molecule has 1 aromatic rings. The van der Waals surface area contributed by atoms with Crippen molar-refractivity contribution in [3.05, 3.63) is 26.4 Å². The molecule has 17 heavy (non-hydrogen) atoms. The molecular weight excluding hydrogens is 220 g/mol. The highest BCUT2D eigenvalue weighted by Gasteiger charge is 2.38. The molecule has 94 valence electrons. The summed E-state index contributed by atoms with van der Waals surface area (Å²) in [7, 11) is 0. The standard InChI is InChI=1S/C12H18N2O3/c1-7(2)8-9(15)13-11(17)14(10(8)16)6-12(3)4-5-12/h7,16H,4-6H2,1-3H3,(H,13,15,17). The topological polar surface area (TPSA) is 75.1 Å². The molecule has 0 bridgehead atoms. The summed E-state index contributed by atoms with van der Waals surface area (Å²) in [5.41, 5.74) is -0.632. The van der Waals surface area contributed by atoms with Crippen LogP contribution in [0, 0.1) is 5.41 Å². The van der Waals surface area contributed by atoms with Crippen molar-refractivity contribution >= 4 is 0 Å². The van der Waals surface area contributed by atoms with Crippen LogP contribution < -0.4 is 11.2 Å². The quantitative estimate of drug-likeness (QED) is 0.830. The fraction of sp³-hybridized carbons (Fsp3) is 0.667. The molecule has 0 unspecified atom stereocenters. The maximum atomic E-state index is 11.7. The largest absolute Gasteiger partial charge is 0.494 e. The van der Waals surface area contributed by atoms with E-state index in [0.717, 1.165) is 12.8 Å². The highest BCUT2D eigenvalue weighted by molar-refractivity contribution is 5.26. The van der Waals surface area contributed by atoms with Crippen molar-refractivity contribution in [1.82, 2.24) is 9.55 Å². The lowest BCUT2D eigenvalue weighted by Crippen LogP contribution is -2.34. The fourth-order valence-corrected chi connectivity index (χ4v) is 2.00. The van der Waals surface area contributed by atoms with E-state index in [9.17, 15) is 14.7 Å². The Kier molecular flexibility index (Phi) is 2.64. The highest BCUT2D eigenvalue weighted by Crippen LogP contribution is 2.46. The lowest BCUT2D eigenvalue weighted by atomic mass is 10.1. The summed E-state index contributed by atoms with van der Waals surface area (Å²) in [5.74, 6) is -0.292. The number of aromatic hydroxyl groups is 1. The number of H-pyrrole nitrogens is 1. The van der Waals surface area contributed by atoms with Crippen LogP contribution in [0.2, 0.25) is 0 Å². The van der Waals surface area contributed by atoms with Crippen LogP contribution in [-0.2, 0) is 6.54 Å². The van der Waals surface area contributed by atoms with E-state index < -0.39 is 11.2 Å². The maximum absolute atomic E-state index is 11.7. The molecule has 2 rings (SSSR count). The summed E-state index contributed by atoms with van der Waals surface area (Å²) in [6.07, 6.45) is 2.10. The van der Waals surface area contributed by atoms with E-state index in [0.29, 0.717) is 6.54 Å². The first kappa shape index (κ1) is 12.0. The Hall–Kier alpha value is -1.52. The van der Waals surface area contributed by atoms with Crippen LogP contribution in [0.1, 0.15) is 45.1 Å². The van der Waals surface area contributed by atoms with Gasteiger partial charge in [-0.25, -0.2) is 4.79 Å². The average molecular weight is 238 g/mol. The van der Waals surface area contributed by atoms with Crippen LogP contribution in [0.15, 0.2) is 9.59 Å². The van der Waals surface area contributed by atoms with Crippen molar-refractivity contribution in [1.29, 1.82) is 0 Å². The molecule has 5 nitrogen and oxygen atoms in total. The van der Waals surface area contributed by atoms with Crippen molar-refractivity contribution < 1.29 is 5.11 Å². The maximum Gasteiger partial charge on any atom is 0.331 e. The molecule has 1 aliphatic carbocycles. The van der Waals surface area contributed by atoms with Crippen LogP contribution in [0.4, 0.5) is 0 Å². The summed E-state index contributed by atoms with van der Waals surface area (Å²) >= 11 is 0. The number of hydrogen-bond acceptors (Lipinski definition) is 3. The van der Waals surface area contributed by atoms with E-state index in [-0.39, 0.29) is 22.8 Å². The third kappa shape index (κ3) is 2.14. The zero-order valence-electron chi connectivity index (χ0n) is 10.4. The van der Waals surface area contributed by atoms with Crippen LogP contribution >= 0.6 is 0 Å². The third-order valence-electron chi connectivity index (χ3n) is 3.43. The predicted molar refractivity (Wildman–Crippen MR) is 64.4 cm³/mol. The average Bonchev–Trinajstić information content (AvgIpc) is 2.90. The number of aromatic amines is 1. The van der Waals surface area contributed by atoms with Gasteiger partial charge >= 0.3 is 5.69 Å². The Morgan fingerprint density at radius 3 is 2.47 bits per heavy atom. The van der Waals surface area contributed by atoms with Crippen molar-refractivity contribution in [2.24, 2.45) is 5.41 Å². The smallest absolute Gasteiger partial charge is 0.331 e. The van der Waals surface area contributed by atoms with E-state index in [1.807, 2.05) is 13.8 Å². The fourth-order valence-electron chi connectivity index (χ4n) is 2.00. The number of aromatic nitrogens is 2. The number of rotatable bonds is 3. The Labute approximate surface area is 99.1 Å². The zero-order chi connectivity index (χ0) is 12.8. The zero-order valence-corrected chi connectivity index (χ0v) is 10.4.